The summed E-state index contributed by atoms with van der Waals surface area (Å²) in [6, 6.07) is 12.5. The van der Waals surface area contributed by atoms with Crippen LogP contribution in [0.15, 0.2) is 36.4 Å². The maximum absolute atomic E-state index is 5.60. The summed E-state index contributed by atoms with van der Waals surface area (Å²) in [5.74, 6) is 1.04. The molecule has 0 aliphatic heterocycles. The van der Waals surface area contributed by atoms with Crippen molar-refractivity contribution in [3.8, 4) is 5.69 Å². The average molecular weight is 280 g/mol. The fraction of sp³-hybridized carbons (Fsp3) is 0.294. The van der Waals surface area contributed by atoms with Crippen LogP contribution in [-0.2, 0) is 12.8 Å². The third-order valence-electron chi connectivity index (χ3n) is 3.66. The second-order valence-corrected chi connectivity index (χ2v) is 5.22. The van der Waals surface area contributed by atoms with Gasteiger partial charge in [-0.1, -0.05) is 19.1 Å². The van der Waals surface area contributed by atoms with E-state index >= 15 is 0 Å². The Hall–Kier alpha value is -2.20. The molecule has 4 nitrogen and oxygen atoms in total. The SMILES string of the molecule is CCc1nc2ccc(C)nc2n1-c1ccc(CCN)cc1. The molecule has 0 fully saturated rings. The quantitative estimate of drug-likeness (QED) is 0.799. The molecule has 0 bridgehead atoms. The largest absolute Gasteiger partial charge is 0.330 e. The van der Waals surface area contributed by atoms with E-state index < -0.39 is 0 Å². The molecule has 2 heterocycles. The second-order valence-electron chi connectivity index (χ2n) is 5.22. The monoisotopic (exact) mass is 280 g/mol. The van der Waals surface area contributed by atoms with E-state index in [1.165, 1.54) is 5.56 Å². The van der Waals surface area contributed by atoms with E-state index in [1.54, 1.807) is 0 Å². The highest BCUT2D eigenvalue weighted by Gasteiger charge is 2.12. The maximum Gasteiger partial charge on any atom is 0.164 e. The van der Waals surface area contributed by atoms with Crippen molar-refractivity contribution in [3.05, 3.63) is 53.5 Å². The van der Waals surface area contributed by atoms with Crippen LogP contribution in [0.25, 0.3) is 16.9 Å². The van der Waals surface area contributed by atoms with Crippen LogP contribution >= 0.6 is 0 Å². The van der Waals surface area contributed by atoms with Crippen molar-refractivity contribution in [2.24, 2.45) is 5.73 Å². The van der Waals surface area contributed by atoms with Gasteiger partial charge in [0.05, 0.1) is 0 Å². The number of aromatic nitrogens is 3. The average Bonchev–Trinajstić information content (AvgIpc) is 2.86. The Morgan fingerprint density at radius 3 is 2.48 bits per heavy atom. The van der Waals surface area contributed by atoms with Crippen molar-refractivity contribution in [1.82, 2.24) is 14.5 Å². The number of benzene rings is 1. The van der Waals surface area contributed by atoms with Gasteiger partial charge in [-0.2, -0.15) is 0 Å². The lowest BCUT2D eigenvalue weighted by Gasteiger charge is -2.09. The summed E-state index contributed by atoms with van der Waals surface area (Å²) in [6.45, 7) is 4.80. The number of hydrogen-bond donors (Lipinski definition) is 1. The van der Waals surface area contributed by atoms with Gasteiger partial charge in [-0.3, -0.25) is 4.57 Å². The Kier molecular flexibility index (Phi) is 3.71. The van der Waals surface area contributed by atoms with Crippen LogP contribution in [0.2, 0.25) is 0 Å². The lowest BCUT2D eigenvalue weighted by Crippen LogP contribution is -2.04. The Labute approximate surface area is 124 Å². The van der Waals surface area contributed by atoms with Gasteiger partial charge >= 0.3 is 0 Å². The summed E-state index contributed by atoms with van der Waals surface area (Å²) < 4.78 is 2.15. The molecule has 0 saturated heterocycles. The van der Waals surface area contributed by atoms with Gasteiger partial charge < -0.3 is 5.73 Å². The third kappa shape index (κ3) is 2.54. The number of nitrogens with zero attached hydrogens (tertiary/aromatic N) is 3. The summed E-state index contributed by atoms with van der Waals surface area (Å²) in [5, 5.41) is 0. The van der Waals surface area contributed by atoms with Crippen LogP contribution in [-0.4, -0.2) is 21.1 Å². The van der Waals surface area contributed by atoms with Crippen molar-refractivity contribution in [1.29, 1.82) is 0 Å². The molecule has 0 spiro atoms. The number of pyridine rings is 1. The van der Waals surface area contributed by atoms with Crippen LogP contribution in [0.1, 0.15) is 24.0 Å². The van der Waals surface area contributed by atoms with Gasteiger partial charge in [-0.25, -0.2) is 9.97 Å². The highest BCUT2D eigenvalue weighted by molar-refractivity contribution is 5.74. The summed E-state index contributed by atoms with van der Waals surface area (Å²) in [6.07, 6.45) is 1.78. The number of rotatable bonds is 4. The van der Waals surface area contributed by atoms with Gasteiger partial charge in [0, 0.05) is 17.8 Å². The standard InChI is InChI=1S/C17H20N4/c1-3-16-20-15-9-4-12(2)19-17(15)21(16)14-7-5-13(6-8-14)10-11-18/h4-9H,3,10-11,18H2,1-2H3. The van der Waals surface area contributed by atoms with Crippen molar-refractivity contribution in [2.45, 2.75) is 26.7 Å². The van der Waals surface area contributed by atoms with E-state index in [-0.39, 0.29) is 0 Å². The summed E-state index contributed by atoms with van der Waals surface area (Å²) in [4.78, 5) is 9.35. The van der Waals surface area contributed by atoms with Crippen LogP contribution < -0.4 is 5.73 Å². The molecule has 1 aromatic carbocycles. The molecule has 0 atom stereocenters. The number of fused-ring (bicyclic) bond motifs is 1. The molecule has 21 heavy (non-hydrogen) atoms. The first-order chi connectivity index (χ1) is 10.2. The van der Waals surface area contributed by atoms with Crippen molar-refractivity contribution in [3.63, 3.8) is 0 Å². The summed E-state index contributed by atoms with van der Waals surface area (Å²) in [7, 11) is 0. The number of nitrogens with two attached hydrogens (primary N) is 1. The topological polar surface area (TPSA) is 56.7 Å². The molecule has 0 amide bonds. The molecule has 0 aliphatic rings. The highest BCUT2D eigenvalue weighted by atomic mass is 15.1. The van der Waals surface area contributed by atoms with E-state index in [0.29, 0.717) is 6.54 Å². The highest BCUT2D eigenvalue weighted by Crippen LogP contribution is 2.21. The van der Waals surface area contributed by atoms with Crippen LogP contribution in [0, 0.1) is 6.92 Å². The normalized spacial score (nSPS) is 11.2. The van der Waals surface area contributed by atoms with Crippen LogP contribution in [0.5, 0.6) is 0 Å². The number of hydrogen-bond acceptors (Lipinski definition) is 3. The smallest absolute Gasteiger partial charge is 0.164 e. The Morgan fingerprint density at radius 1 is 1.05 bits per heavy atom. The van der Waals surface area contributed by atoms with Gasteiger partial charge in [0.15, 0.2) is 5.65 Å². The summed E-state index contributed by atoms with van der Waals surface area (Å²) >= 11 is 0. The first-order valence-electron chi connectivity index (χ1n) is 7.37. The second kappa shape index (κ2) is 5.66. The molecule has 2 N–H and O–H groups in total. The third-order valence-corrected chi connectivity index (χ3v) is 3.66. The predicted octanol–water partition coefficient (Wildman–Crippen LogP) is 2.79. The maximum atomic E-state index is 5.60. The van der Waals surface area contributed by atoms with Gasteiger partial charge in [-0.05, 0) is 49.7 Å². The van der Waals surface area contributed by atoms with Crippen molar-refractivity contribution in [2.75, 3.05) is 6.54 Å². The predicted molar refractivity (Wildman–Crippen MR) is 85.7 cm³/mol. The van der Waals surface area contributed by atoms with E-state index in [2.05, 4.69) is 45.7 Å². The first kappa shape index (κ1) is 13.8. The Bertz CT molecular complexity index is 756. The zero-order chi connectivity index (χ0) is 14.8. The van der Waals surface area contributed by atoms with Gasteiger partial charge in [0.2, 0.25) is 0 Å². The molecular weight excluding hydrogens is 260 g/mol. The van der Waals surface area contributed by atoms with E-state index in [9.17, 15) is 0 Å². The van der Waals surface area contributed by atoms with Gasteiger partial charge in [0.1, 0.15) is 11.3 Å². The van der Waals surface area contributed by atoms with E-state index in [0.717, 1.165) is 41.2 Å². The van der Waals surface area contributed by atoms with Gasteiger partial charge in [-0.15, -0.1) is 0 Å². The lowest BCUT2D eigenvalue weighted by molar-refractivity contribution is 0.897. The molecule has 0 aliphatic carbocycles. The Balaban J connectivity index is 2.15. The number of imidazole rings is 1. The number of aryl methyl sites for hydroxylation is 2. The van der Waals surface area contributed by atoms with Crippen LogP contribution in [0.4, 0.5) is 0 Å². The molecule has 3 aromatic rings. The van der Waals surface area contributed by atoms with Crippen molar-refractivity contribution >= 4 is 11.2 Å². The fourth-order valence-electron chi connectivity index (χ4n) is 2.59. The molecular formula is C17H20N4. The molecule has 3 rings (SSSR count). The molecule has 0 radical (unpaired) electrons. The summed E-state index contributed by atoms with van der Waals surface area (Å²) in [5.41, 5.74) is 10.8. The molecule has 0 unspecified atom stereocenters. The van der Waals surface area contributed by atoms with E-state index in [1.807, 2.05) is 19.1 Å². The molecule has 4 heteroatoms. The van der Waals surface area contributed by atoms with Crippen LogP contribution in [0.3, 0.4) is 0 Å². The minimum atomic E-state index is 0.675. The zero-order valence-corrected chi connectivity index (χ0v) is 12.5. The Morgan fingerprint density at radius 2 is 1.81 bits per heavy atom. The lowest BCUT2D eigenvalue weighted by atomic mass is 10.1. The first-order valence-corrected chi connectivity index (χ1v) is 7.37. The fourth-order valence-corrected chi connectivity index (χ4v) is 2.59. The zero-order valence-electron chi connectivity index (χ0n) is 12.5. The minimum absolute atomic E-state index is 0.675. The minimum Gasteiger partial charge on any atom is -0.330 e. The van der Waals surface area contributed by atoms with E-state index in [4.69, 9.17) is 5.73 Å². The van der Waals surface area contributed by atoms with Gasteiger partial charge in [0.25, 0.3) is 0 Å². The molecule has 0 saturated carbocycles. The molecule has 2 aromatic heterocycles. The van der Waals surface area contributed by atoms with Crippen molar-refractivity contribution < 1.29 is 0 Å². The molecule has 108 valence electrons.